The Balaban J connectivity index is 0.000000659. The molecule has 4 atom stereocenters. The predicted octanol–water partition coefficient (Wildman–Crippen LogP) is 1.25. The molecule has 1 aliphatic carbocycles. The molecule has 3 N–H and O–H groups in total. The largest absolute Gasteiger partial charge is 0.483 e. The molecule has 0 aromatic rings. The van der Waals surface area contributed by atoms with Crippen molar-refractivity contribution in [3.63, 3.8) is 0 Å². The minimum absolute atomic E-state index is 0.0115. The number of amides is 1. The Hall–Kier alpha value is -1.18. The van der Waals surface area contributed by atoms with Gasteiger partial charge in [0, 0.05) is 43.9 Å². The summed E-state index contributed by atoms with van der Waals surface area (Å²) >= 11 is 0. The SMILES string of the molecule is O=C(NC[C@H]1[C@H]2CN(CCO)C[C@]23CC[C@H]1O3)C1CCCCCC1.O=CO. The first-order chi connectivity index (χ1) is 13.1. The molecule has 0 aromatic carbocycles. The highest BCUT2D eigenvalue weighted by molar-refractivity contribution is 5.78. The van der Waals surface area contributed by atoms with Gasteiger partial charge in [0.05, 0.1) is 18.3 Å². The fourth-order valence-electron chi connectivity index (χ4n) is 5.78. The van der Waals surface area contributed by atoms with E-state index < -0.39 is 0 Å². The summed E-state index contributed by atoms with van der Waals surface area (Å²) in [6.07, 6.45) is 9.72. The number of nitrogens with one attached hydrogen (secondary N) is 1. The van der Waals surface area contributed by atoms with Crippen LogP contribution in [0.4, 0.5) is 0 Å². The first-order valence-corrected chi connectivity index (χ1v) is 10.5. The number of fused-ring (bicyclic) bond motifs is 1. The Morgan fingerprint density at radius 1 is 1.22 bits per heavy atom. The number of aliphatic hydroxyl groups is 1. The van der Waals surface area contributed by atoms with Crippen LogP contribution < -0.4 is 5.32 Å². The second-order valence-electron chi connectivity index (χ2n) is 8.53. The fourth-order valence-corrected chi connectivity index (χ4v) is 5.78. The molecule has 7 heteroatoms. The van der Waals surface area contributed by atoms with Crippen molar-refractivity contribution in [2.24, 2.45) is 17.8 Å². The standard InChI is InChI=1S/C19H32N2O3.CH2O2/c22-10-9-21-12-16-15(17-7-8-19(16,13-21)24-17)11-20-18(23)14-5-3-1-2-4-6-14;2-1-3/h14-17,22H,1-13H2,(H,20,23);1H,(H,2,3)/t15-,16+,17+,19+;/m0./s1. The van der Waals surface area contributed by atoms with E-state index in [1.807, 2.05) is 0 Å². The third-order valence-electron chi connectivity index (χ3n) is 7.01. The Morgan fingerprint density at radius 3 is 2.59 bits per heavy atom. The van der Waals surface area contributed by atoms with Gasteiger partial charge in [0.15, 0.2) is 0 Å². The number of carboxylic acid groups (broad SMARTS) is 1. The van der Waals surface area contributed by atoms with Gasteiger partial charge < -0.3 is 20.3 Å². The molecule has 4 aliphatic rings. The normalized spacial score (nSPS) is 35.8. The molecule has 27 heavy (non-hydrogen) atoms. The summed E-state index contributed by atoms with van der Waals surface area (Å²) in [4.78, 5) is 23.3. The lowest BCUT2D eigenvalue weighted by Gasteiger charge is -2.30. The number of hydrogen-bond donors (Lipinski definition) is 3. The molecule has 1 spiro atoms. The van der Waals surface area contributed by atoms with E-state index in [2.05, 4.69) is 10.2 Å². The first kappa shape index (κ1) is 20.6. The van der Waals surface area contributed by atoms with Gasteiger partial charge in [-0.05, 0) is 25.7 Å². The number of hydrogen-bond acceptors (Lipinski definition) is 5. The summed E-state index contributed by atoms with van der Waals surface area (Å²) < 4.78 is 6.40. The number of nitrogens with zero attached hydrogens (tertiary/aromatic N) is 1. The maximum Gasteiger partial charge on any atom is 0.290 e. The number of aliphatic hydroxyl groups excluding tert-OH is 1. The number of likely N-dealkylation sites (tertiary alicyclic amines) is 1. The van der Waals surface area contributed by atoms with E-state index in [0.29, 0.717) is 17.9 Å². The van der Waals surface area contributed by atoms with Crippen molar-refractivity contribution in [3.8, 4) is 0 Å². The molecule has 3 heterocycles. The van der Waals surface area contributed by atoms with E-state index >= 15 is 0 Å². The van der Waals surface area contributed by atoms with E-state index in [-0.39, 0.29) is 30.5 Å². The van der Waals surface area contributed by atoms with Crippen molar-refractivity contribution in [2.45, 2.75) is 63.1 Å². The molecule has 4 fully saturated rings. The van der Waals surface area contributed by atoms with Crippen LogP contribution in [0.5, 0.6) is 0 Å². The summed E-state index contributed by atoms with van der Waals surface area (Å²) in [5.74, 6) is 1.49. The molecule has 3 saturated heterocycles. The highest BCUT2D eigenvalue weighted by atomic mass is 16.5. The van der Waals surface area contributed by atoms with Gasteiger partial charge in [0.2, 0.25) is 5.91 Å². The van der Waals surface area contributed by atoms with Crippen molar-refractivity contribution in [2.75, 3.05) is 32.8 Å². The lowest BCUT2D eigenvalue weighted by molar-refractivity contribution is -0.126. The number of carbonyl (C=O) groups is 2. The lowest BCUT2D eigenvalue weighted by atomic mass is 9.73. The van der Waals surface area contributed by atoms with Crippen molar-refractivity contribution >= 4 is 12.4 Å². The Kier molecular flexibility index (Phi) is 7.11. The van der Waals surface area contributed by atoms with Crippen LogP contribution in [0.2, 0.25) is 0 Å². The van der Waals surface area contributed by atoms with Crippen molar-refractivity contribution < 1.29 is 24.5 Å². The molecule has 154 valence electrons. The second-order valence-corrected chi connectivity index (χ2v) is 8.53. The van der Waals surface area contributed by atoms with Gasteiger partial charge in [0.1, 0.15) is 0 Å². The summed E-state index contributed by atoms with van der Waals surface area (Å²) in [7, 11) is 0. The number of rotatable bonds is 5. The molecular formula is C20H34N2O5. The highest BCUT2D eigenvalue weighted by Crippen LogP contribution is 2.54. The van der Waals surface area contributed by atoms with E-state index in [1.54, 1.807) is 0 Å². The predicted molar refractivity (Wildman–Crippen MR) is 100 cm³/mol. The van der Waals surface area contributed by atoms with Crippen LogP contribution in [-0.4, -0.2) is 72.0 Å². The van der Waals surface area contributed by atoms with Gasteiger partial charge >= 0.3 is 0 Å². The maximum absolute atomic E-state index is 12.6. The minimum atomic E-state index is -0.250. The average Bonchev–Trinajstić information content (AvgIpc) is 3.20. The number of ether oxygens (including phenoxy) is 1. The van der Waals surface area contributed by atoms with Crippen LogP contribution in [0.1, 0.15) is 51.4 Å². The van der Waals surface area contributed by atoms with Gasteiger partial charge in [-0.2, -0.15) is 0 Å². The molecule has 0 radical (unpaired) electrons. The van der Waals surface area contributed by atoms with Crippen LogP contribution in [0.15, 0.2) is 0 Å². The summed E-state index contributed by atoms with van der Waals surface area (Å²) in [5.41, 5.74) is 0.0115. The van der Waals surface area contributed by atoms with Crippen LogP contribution in [0.3, 0.4) is 0 Å². The van der Waals surface area contributed by atoms with Crippen LogP contribution >= 0.6 is 0 Å². The third kappa shape index (κ3) is 4.46. The number of carbonyl (C=O) groups excluding carboxylic acids is 1. The third-order valence-corrected chi connectivity index (χ3v) is 7.01. The van der Waals surface area contributed by atoms with Crippen LogP contribution in [0, 0.1) is 17.8 Å². The minimum Gasteiger partial charge on any atom is -0.483 e. The molecule has 2 bridgehead atoms. The topological polar surface area (TPSA) is 99.1 Å². The van der Waals surface area contributed by atoms with E-state index in [1.165, 1.54) is 25.7 Å². The highest BCUT2D eigenvalue weighted by Gasteiger charge is 2.62. The maximum atomic E-state index is 12.6. The number of β-amino-alcohol motifs (C(OH)–C–C–N with tert-alkyl or cyclic N) is 1. The summed E-state index contributed by atoms with van der Waals surface area (Å²) in [5, 5.41) is 19.4. The zero-order valence-corrected chi connectivity index (χ0v) is 16.1. The molecule has 1 saturated carbocycles. The monoisotopic (exact) mass is 382 g/mol. The van der Waals surface area contributed by atoms with Crippen molar-refractivity contribution in [1.82, 2.24) is 10.2 Å². The quantitative estimate of drug-likeness (QED) is 0.489. The fraction of sp³-hybridized carbons (Fsp3) is 0.900. The zero-order valence-electron chi connectivity index (χ0n) is 16.1. The summed E-state index contributed by atoms with van der Waals surface area (Å²) in [6.45, 7) is 3.46. The second kappa shape index (κ2) is 9.34. The molecule has 0 aromatic heterocycles. The van der Waals surface area contributed by atoms with E-state index in [4.69, 9.17) is 14.6 Å². The molecular weight excluding hydrogens is 348 g/mol. The lowest BCUT2D eigenvalue weighted by Crippen LogP contribution is -2.43. The van der Waals surface area contributed by atoms with Crippen molar-refractivity contribution in [3.05, 3.63) is 0 Å². The van der Waals surface area contributed by atoms with Gasteiger partial charge in [-0.1, -0.05) is 25.7 Å². The summed E-state index contributed by atoms with van der Waals surface area (Å²) in [6, 6.07) is 0. The van der Waals surface area contributed by atoms with Crippen LogP contribution in [-0.2, 0) is 14.3 Å². The van der Waals surface area contributed by atoms with E-state index in [9.17, 15) is 9.90 Å². The molecule has 0 unspecified atom stereocenters. The zero-order chi connectivity index (χ0) is 19.3. The van der Waals surface area contributed by atoms with E-state index in [0.717, 1.165) is 51.9 Å². The molecule has 1 amide bonds. The molecule has 4 rings (SSSR count). The average molecular weight is 383 g/mol. The van der Waals surface area contributed by atoms with Gasteiger partial charge in [-0.15, -0.1) is 0 Å². The first-order valence-electron chi connectivity index (χ1n) is 10.5. The van der Waals surface area contributed by atoms with Crippen LogP contribution in [0.25, 0.3) is 0 Å². The van der Waals surface area contributed by atoms with Crippen molar-refractivity contribution in [1.29, 1.82) is 0 Å². The van der Waals surface area contributed by atoms with Gasteiger partial charge in [-0.25, -0.2) is 0 Å². The van der Waals surface area contributed by atoms with Gasteiger partial charge in [0.25, 0.3) is 6.47 Å². The molecule has 3 aliphatic heterocycles. The Bertz CT molecular complexity index is 509. The van der Waals surface area contributed by atoms with Gasteiger partial charge in [-0.3, -0.25) is 14.5 Å². The smallest absolute Gasteiger partial charge is 0.290 e. The Morgan fingerprint density at radius 2 is 1.93 bits per heavy atom. The Labute approximate surface area is 161 Å². The molecule has 7 nitrogen and oxygen atoms in total.